The summed E-state index contributed by atoms with van der Waals surface area (Å²) in [5.74, 6) is 0. The molecular weight excluding hydrogens is 212 g/mol. The van der Waals surface area contributed by atoms with E-state index in [-0.39, 0.29) is 5.54 Å². The number of aromatic nitrogens is 1. The Kier molecular flexibility index (Phi) is 4.13. The minimum Gasteiger partial charge on any atom is -0.396 e. The maximum atomic E-state index is 8.93. The molecule has 3 nitrogen and oxygen atoms in total. The molecule has 1 aromatic rings. The van der Waals surface area contributed by atoms with Gasteiger partial charge in [0.25, 0.3) is 0 Å². The van der Waals surface area contributed by atoms with Crippen LogP contribution in [0.5, 0.6) is 0 Å². The van der Waals surface area contributed by atoms with Crippen molar-refractivity contribution in [1.82, 2.24) is 9.88 Å². The second-order valence-corrected chi connectivity index (χ2v) is 4.98. The highest BCUT2D eigenvalue weighted by Crippen LogP contribution is 2.41. The molecule has 3 heteroatoms. The standard InChI is InChI=1S/C14H22N2O/c1-16-10-5-8-14(16,7-2-3-11-17)13-6-4-9-15-12-13/h4,6,9,12,17H,2-3,5,7-8,10-11H2,1H3. The average Bonchev–Trinajstić information content (AvgIpc) is 2.74. The lowest BCUT2D eigenvalue weighted by Gasteiger charge is -2.37. The number of rotatable bonds is 5. The van der Waals surface area contributed by atoms with Gasteiger partial charge in [-0.1, -0.05) is 6.07 Å². The van der Waals surface area contributed by atoms with Gasteiger partial charge < -0.3 is 5.11 Å². The van der Waals surface area contributed by atoms with Crippen LogP contribution in [0.3, 0.4) is 0 Å². The van der Waals surface area contributed by atoms with Gasteiger partial charge in [-0.25, -0.2) is 0 Å². The van der Waals surface area contributed by atoms with Crippen LogP contribution in [-0.4, -0.2) is 35.2 Å². The summed E-state index contributed by atoms with van der Waals surface area (Å²) in [6, 6.07) is 4.21. The number of aliphatic hydroxyl groups excluding tert-OH is 1. The molecule has 1 unspecified atom stereocenters. The Hall–Kier alpha value is -0.930. The fourth-order valence-electron chi connectivity index (χ4n) is 3.01. The predicted octanol–water partition coefficient (Wildman–Crippen LogP) is 2.17. The molecule has 0 bridgehead atoms. The Balaban J connectivity index is 2.18. The molecule has 2 rings (SSSR count). The zero-order chi connectivity index (χ0) is 12.1. The lowest BCUT2D eigenvalue weighted by molar-refractivity contribution is 0.151. The van der Waals surface area contributed by atoms with Crippen molar-refractivity contribution < 1.29 is 5.11 Å². The van der Waals surface area contributed by atoms with E-state index < -0.39 is 0 Å². The third kappa shape index (κ3) is 2.50. The predicted molar refractivity (Wildman–Crippen MR) is 68.7 cm³/mol. The summed E-state index contributed by atoms with van der Waals surface area (Å²) in [4.78, 5) is 6.72. The molecule has 2 heterocycles. The van der Waals surface area contributed by atoms with Crippen LogP contribution in [0.2, 0.25) is 0 Å². The van der Waals surface area contributed by atoms with Crippen molar-refractivity contribution in [3.05, 3.63) is 30.1 Å². The van der Waals surface area contributed by atoms with Gasteiger partial charge in [0, 0.05) is 24.5 Å². The maximum Gasteiger partial charge on any atom is 0.0473 e. The van der Waals surface area contributed by atoms with Crippen molar-refractivity contribution in [2.75, 3.05) is 20.2 Å². The van der Waals surface area contributed by atoms with E-state index in [0.717, 1.165) is 25.8 Å². The Bertz CT molecular complexity index is 341. The number of hydrogen-bond acceptors (Lipinski definition) is 3. The zero-order valence-corrected chi connectivity index (χ0v) is 10.6. The van der Waals surface area contributed by atoms with Crippen LogP contribution in [0.15, 0.2) is 24.5 Å². The van der Waals surface area contributed by atoms with E-state index in [4.69, 9.17) is 5.11 Å². The first kappa shape index (κ1) is 12.5. The summed E-state index contributed by atoms with van der Waals surface area (Å²) in [7, 11) is 2.21. The first-order valence-corrected chi connectivity index (χ1v) is 6.52. The highest BCUT2D eigenvalue weighted by atomic mass is 16.2. The fourth-order valence-corrected chi connectivity index (χ4v) is 3.01. The van der Waals surface area contributed by atoms with E-state index in [0.29, 0.717) is 6.61 Å². The van der Waals surface area contributed by atoms with Crippen molar-refractivity contribution in [1.29, 1.82) is 0 Å². The van der Waals surface area contributed by atoms with Gasteiger partial charge in [0.1, 0.15) is 0 Å². The molecule has 1 saturated heterocycles. The third-order valence-corrected chi connectivity index (χ3v) is 4.01. The average molecular weight is 234 g/mol. The smallest absolute Gasteiger partial charge is 0.0473 e. The number of nitrogens with zero attached hydrogens (tertiary/aromatic N) is 2. The first-order chi connectivity index (χ1) is 8.29. The molecule has 1 fully saturated rings. The SMILES string of the molecule is CN1CCCC1(CCCCO)c1cccnc1. The third-order valence-electron chi connectivity index (χ3n) is 4.01. The van der Waals surface area contributed by atoms with Crippen LogP contribution in [0, 0.1) is 0 Å². The molecule has 0 radical (unpaired) electrons. The van der Waals surface area contributed by atoms with Crippen molar-refractivity contribution in [3.8, 4) is 0 Å². The van der Waals surface area contributed by atoms with E-state index in [9.17, 15) is 0 Å². The molecule has 0 spiro atoms. The van der Waals surface area contributed by atoms with E-state index in [2.05, 4.69) is 23.0 Å². The Morgan fingerprint density at radius 3 is 2.94 bits per heavy atom. The molecule has 1 aliphatic rings. The molecule has 1 aromatic heterocycles. The molecule has 17 heavy (non-hydrogen) atoms. The number of pyridine rings is 1. The maximum absolute atomic E-state index is 8.93. The van der Waals surface area contributed by atoms with Gasteiger partial charge in [0.15, 0.2) is 0 Å². The largest absolute Gasteiger partial charge is 0.396 e. The van der Waals surface area contributed by atoms with E-state index in [1.807, 2.05) is 18.5 Å². The summed E-state index contributed by atoms with van der Waals surface area (Å²) in [6.07, 6.45) is 9.40. The summed E-state index contributed by atoms with van der Waals surface area (Å²) in [5.41, 5.74) is 1.49. The highest BCUT2D eigenvalue weighted by molar-refractivity contribution is 5.22. The second kappa shape index (κ2) is 5.61. The van der Waals surface area contributed by atoms with Crippen LogP contribution in [-0.2, 0) is 5.54 Å². The highest BCUT2D eigenvalue weighted by Gasteiger charge is 2.39. The van der Waals surface area contributed by atoms with Crippen molar-refractivity contribution in [2.45, 2.75) is 37.6 Å². The van der Waals surface area contributed by atoms with E-state index in [1.165, 1.54) is 18.4 Å². The van der Waals surface area contributed by atoms with E-state index in [1.54, 1.807) is 0 Å². The monoisotopic (exact) mass is 234 g/mol. The van der Waals surface area contributed by atoms with Crippen LogP contribution < -0.4 is 0 Å². The second-order valence-electron chi connectivity index (χ2n) is 4.98. The van der Waals surface area contributed by atoms with Crippen molar-refractivity contribution in [3.63, 3.8) is 0 Å². The van der Waals surface area contributed by atoms with Crippen molar-refractivity contribution >= 4 is 0 Å². The van der Waals surface area contributed by atoms with Crippen LogP contribution in [0.1, 0.15) is 37.7 Å². The summed E-state index contributed by atoms with van der Waals surface area (Å²) < 4.78 is 0. The summed E-state index contributed by atoms with van der Waals surface area (Å²) >= 11 is 0. The van der Waals surface area contributed by atoms with Gasteiger partial charge in [0.05, 0.1) is 0 Å². The topological polar surface area (TPSA) is 36.4 Å². The lowest BCUT2D eigenvalue weighted by atomic mass is 9.83. The van der Waals surface area contributed by atoms with E-state index >= 15 is 0 Å². The molecule has 0 saturated carbocycles. The van der Waals surface area contributed by atoms with Gasteiger partial charge in [-0.2, -0.15) is 0 Å². The summed E-state index contributed by atoms with van der Waals surface area (Å²) in [5, 5.41) is 8.93. The first-order valence-electron chi connectivity index (χ1n) is 6.52. The Morgan fingerprint density at radius 2 is 2.35 bits per heavy atom. The number of unbranched alkanes of at least 4 members (excludes halogenated alkanes) is 1. The van der Waals surface area contributed by atoms with Gasteiger partial charge in [-0.15, -0.1) is 0 Å². The molecule has 1 N–H and O–H groups in total. The molecular formula is C14H22N2O. The molecule has 1 atom stereocenters. The molecule has 0 aliphatic carbocycles. The van der Waals surface area contributed by atoms with Crippen LogP contribution in [0.25, 0.3) is 0 Å². The molecule has 1 aliphatic heterocycles. The number of aliphatic hydroxyl groups is 1. The zero-order valence-electron chi connectivity index (χ0n) is 10.6. The molecule has 0 aromatic carbocycles. The molecule has 0 amide bonds. The molecule has 94 valence electrons. The number of hydrogen-bond donors (Lipinski definition) is 1. The number of likely N-dealkylation sites (tertiary alicyclic amines) is 1. The minimum absolute atomic E-state index is 0.156. The van der Waals surface area contributed by atoms with Gasteiger partial charge >= 0.3 is 0 Å². The minimum atomic E-state index is 0.156. The quantitative estimate of drug-likeness (QED) is 0.793. The van der Waals surface area contributed by atoms with Gasteiger partial charge in [0.2, 0.25) is 0 Å². The fraction of sp³-hybridized carbons (Fsp3) is 0.643. The normalized spacial score (nSPS) is 25.3. The Morgan fingerprint density at radius 1 is 1.47 bits per heavy atom. The van der Waals surface area contributed by atoms with Gasteiger partial charge in [-0.05, 0) is 57.3 Å². The van der Waals surface area contributed by atoms with Crippen LogP contribution >= 0.6 is 0 Å². The van der Waals surface area contributed by atoms with Gasteiger partial charge in [-0.3, -0.25) is 9.88 Å². The Labute approximate surface area is 103 Å². The summed E-state index contributed by atoms with van der Waals surface area (Å²) in [6.45, 7) is 1.46. The van der Waals surface area contributed by atoms with Crippen LogP contribution in [0.4, 0.5) is 0 Å². The van der Waals surface area contributed by atoms with Crippen molar-refractivity contribution in [2.24, 2.45) is 0 Å². The lowest BCUT2D eigenvalue weighted by Crippen LogP contribution is -2.38.